The summed E-state index contributed by atoms with van der Waals surface area (Å²) in [6.45, 7) is 1.86. The van der Waals surface area contributed by atoms with Crippen molar-refractivity contribution in [3.05, 3.63) is 95.1 Å². The monoisotopic (exact) mass is 473 g/mol. The molecule has 1 atom stereocenters. The first-order valence-electron chi connectivity index (χ1n) is 10.9. The lowest BCUT2D eigenvalue weighted by molar-refractivity contribution is -0.132. The van der Waals surface area contributed by atoms with Gasteiger partial charge >= 0.3 is 5.97 Å². The summed E-state index contributed by atoms with van der Waals surface area (Å²) in [5, 5.41) is 21.4. The van der Waals surface area contributed by atoms with Crippen molar-refractivity contribution in [1.29, 1.82) is 0 Å². The Labute approximate surface area is 201 Å². The van der Waals surface area contributed by atoms with Gasteiger partial charge in [0, 0.05) is 5.69 Å². The maximum absolute atomic E-state index is 13.3. The maximum atomic E-state index is 13.3. The fraction of sp³-hybridized carbons (Fsp3) is 0.148. The van der Waals surface area contributed by atoms with E-state index >= 15 is 0 Å². The normalized spacial score (nSPS) is 16.9. The summed E-state index contributed by atoms with van der Waals surface area (Å²) in [5.41, 5.74) is 0.906. The Morgan fingerprint density at radius 2 is 1.74 bits per heavy atom. The third-order valence-corrected chi connectivity index (χ3v) is 5.63. The van der Waals surface area contributed by atoms with Crippen LogP contribution in [0.15, 0.2) is 78.4 Å². The first-order chi connectivity index (χ1) is 16.9. The molecule has 178 valence electrons. The second-order valence-electron chi connectivity index (χ2n) is 7.74. The second-order valence-corrected chi connectivity index (χ2v) is 7.74. The highest BCUT2D eigenvalue weighted by Crippen LogP contribution is 2.43. The second kappa shape index (κ2) is 9.72. The number of rotatable bonds is 6. The summed E-state index contributed by atoms with van der Waals surface area (Å²) >= 11 is 0. The molecule has 1 saturated heterocycles. The number of anilines is 1. The number of carbonyl (C=O) groups is 3. The average Bonchev–Trinajstić information content (AvgIpc) is 3.14. The van der Waals surface area contributed by atoms with Crippen LogP contribution in [-0.2, 0) is 14.3 Å². The van der Waals surface area contributed by atoms with E-state index in [0.717, 1.165) is 0 Å². The minimum atomic E-state index is -1.08. The molecule has 0 aliphatic carbocycles. The molecule has 8 heteroatoms. The summed E-state index contributed by atoms with van der Waals surface area (Å²) in [6, 6.07) is 17.7. The van der Waals surface area contributed by atoms with Gasteiger partial charge in [-0.3, -0.25) is 14.5 Å². The minimum Gasteiger partial charge on any atom is -0.508 e. The third-order valence-electron chi connectivity index (χ3n) is 5.63. The van der Waals surface area contributed by atoms with Gasteiger partial charge in [-0.15, -0.1) is 0 Å². The van der Waals surface area contributed by atoms with E-state index in [1.807, 2.05) is 0 Å². The Hall–Kier alpha value is -4.59. The van der Waals surface area contributed by atoms with E-state index in [1.54, 1.807) is 55.5 Å². The summed E-state index contributed by atoms with van der Waals surface area (Å²) in [6.07, 6.45) is 0. The fourth-order valence-electron chi connectivity index (χ4n) is 4.09. The van der Waals surface area contributed by atoms with Gasteiger partial charge in [0.2, 0.25) is 0 Å². The molecule has 1 heterocycles. The molecule has 0 spiro atoms. The molecule has 0 saturated carbocycles. The molecule has 4 rings (SSSR count). The third kappa shape index (κ3) is 4.33. The largest absolute Gasteiger partial charge is 0.508 e. The van der Waals surface area contributed by atoms with Crippen LogP contribution >= 0.6 is 0 Å². The number of Topliss-reactive ketones (excluding diaryl/α,β-unsaturated/α-hetero) is 1. The lowest BCUT2D eigenvalue weighted by Gasteiger charge is -2.26. The standard InChI is InChI=1S/C27H23NO7/c1-3-35-27(33)17-9-6-10-18(14-17)28-23(16-8-7-11-19(29)15-16)22(25(31)26(28)32)24(30)20-12-4-5-13-21(20)34-2/h4-15,23,29-30H,3H2,1-2H3/b24-22+. The number of para-hydroxylation sites is 1. The number of carbonyl (C=O) groups excluding carboxylic acids is 3. The van der Waals surface area contributed by atoms with Crippen molar-refractivity contribution in [2.24, 2.45) is 0 Å². The van der Waals surface area contributed by atoms with Crippen LogP contribution in [-0.4, -0.2) is 41.6 Å². The smallest absolute Gasteiger partial charge is 0.338 e. The Morgan fingerprint density at radius 1 is 1.00 bits per heavy atom. The predicted octanol–water partition coefficient (Wildman–Crippen LogP) is 4.20. The molecule has 0 aromatic heterocycles. The van der Waals surface area contributed by atoms with Crippen molar-refractivity contribution >= 4 is 29.1 Å². The van der Waals surface area contributed by atoms with Crippen LogP contribution < -0.4 is 9.64 Å². The summed E-state index contributed by atoms with van der Waals surface area (Å²) in [7, 11) is 1.43. The van der Waals surface area contributed by atoms with Gasteiger partial charge in [-0.1, -0.05) is 30.3 Å². The Balaban J connectivity index is 1.94. The number of methoxy groups -OCH3 is 1. The number of ketones is 1. The molecule has 0 bridgehead atoms. The van der Waals surface area contributed by atoms with Crippen LogP contribution in [0.3, 0.4) is 0 Å². The van der Waals surface area contributed by atoms with Gasteiger partial charge in [-0.05, 0) is 55.0 Å². The van der Waals surface area contributed by atoms with Gasteiger partial charge in [0.05, 0.1) is 36.5 Å². The van der Waals surface area contributed by atoms with E-state index in [-0.39, 0.29) is 34.7 Å². The van der Waals surface area contributed by atoms with Crippen LogP contribution in [0.25, 0.3) is 5.76 Å². The number of aliphatic hydroxyl groups is 1. The quantitative estimate of drug-likeness (QED) is 0.239. The molecule has 1 amide bonds. The first kappa shape index (κ1) is 23.6. The number of nitrogens with zero attached hydrogens (tertiary/aromatic N) is 1. The van der Waals surface area contributed by atoms with E-state index in [2.05, 4.69) is 0 Å². The summed E-state index contributed by atoms with van der Waals surface area (Å²) in [5.74, 6) is -2.56. The molecule has 1 unspecified atom stereocenters. The van der Waals surface area contributed by atoms with Crippen LogP contribution in [0.2, 0.25) is 0 Å². The van der Waals surface area contributed by atoms with Crippen molar-refractivity contribution < 1.29 is 34.1 Å². The molecule has 0 radical (unpaired) electrons. The van der Waals surface area contributed by atoms with Gasteiger partial charge in [-0.25, -0.2) is 4.79 Å². The molecule has 8 nitrogen and oxygen atoms in total. The number of aromatic hydroxyl groups is 1. The Morgan fingerprint density at radius 3 is 2.46 bits per heavy atom. The lowest BCUT2D eigenvalue weighted by atomic mass is 9.94. The van der Waals surface area contributed by atoms with Crippen molar-refractivity contribution in [3.8, 4) is 11.5 Å². The van der Waals surface area contributed by atoms with E-state index in [0.29, 0.717) is 11.3 Å². The maximum Gasteiger partial charge on any atom is 0.338 e. The highest BCUT2D eigenvalue weighted by molar-refractivity contribution is 6.51. The predicted molar refractivity (Wildman–Crippen MR) is 128 cm³/mol. The fourth-order valence-corrected chi connectivity index (χ4v) is 4.09. The van der Waals surface area contributed by atoms with E-state index in [4.69, 9.17) is 9.47 Å². The minimum absolute atomic E-state index is 0.0781. The zero-order valence-electron chi connectivity index (χ0n) is 19.1. The molecular weight excluding hydrogens is 450 g/mol. The number of hydrogen-bond acceptors (Lipinski definition) is 7. The van der Waals surface area contributed by atoms with Crippen molar-refractivity contribution in [3.63, 3.8) is 0 Å². The SMILES string of the molecule is CCOC(=O)c1cccc(N2C(=O)C(=O)/C(=C(/O)c3ccccc3OC)C2c2cccc(O)c2)c1. The number of esters is 1. The van der Waals surface area contributed by atoms with Gasteiger partial charge in [0.1, 0.15) is 17.3 Å². The molecule has 1 aliphatic rings. The lowest BCUT2D eigenvalue weighted by Crippen LogP contribution is -2.29. The molecule has 1 aliphatic heterocycles. The first-order valence-corrected chi connectivity index (χ1v) is 10.9. The molecule has 2 N–H and O–H groups in total. The van der Waals surface area contributed by atoms with E-state index in [9.17, 15) is 24.6 Å². The number of hydrogen-bond donors (Lipinski definition) is 2. The topological polar surface area (TPSA) is 113 Å². The highest BCUT2D eigenvalue weighted by Gasteiger charge is 2.47. The highest BCUT2D eigenvalue weighted by atomic mass is 16.5. The van der Waals surface area contributed by atoms with Crippen molar-refractivity contribution in [1.82, 2.24) is 0 Å². The Kier molecular flexibility index (Phi) is 6.55. The van der Waals surface area contributed by atoms with Gasteiger partial charge in [0.15, 0.2) is 0 Å². The zero-order chi connectivity index (χ0) is 25.1. The Bertz CT molecular complexity index is 1340. The van der Waals surface area contributed by atoms with E-state index < -0.39 is 29.5 Å². The molecule has 3 aromatic carbocycles. The van der Waals surface area contributed by atoms with Gasteiger partial charge < -0.3 is 19.7 Å². The van der Waals surface area contributed by atoms with Crippen LogP contribution in [0.1, 0.15) is 34.5 Å². The van der Waals surface area contributed by atoms with Crippen LogP contribution in [0, 0.1) is 0 Å². The van der Waals surface area contributed by atoms with E-state index in [1.165, 1.54) is 36.3 Å². The van der Waals surface area contributed by atoms with Crippen molar-refractivity contribution in [2.75, 3.05) is 18.6 Å². The summed E-state index contributed by atoms with van der Waals surface area (Å²) < 4.78 is 10.4. The number of phenols is 1. The van der Waals surface area contributed by atoms with Crippen LogP contribution in [0.5, 0.6) is 11.5 Å². The molecular formula is C27H23NO7. The molecule has 3 aromatic rings. The number of phenolic OH excluding ortho intramolecular Hbond substituents is 1. The number of amides is 1. The average molecular weight is 473 g/mol. The zero-order valence-corrected chi connectivity index (χ0v) is 19.1. The molecule has 1 fully saturated rings. The summed E-state index contributed by atoms with van der Waals surface area (Å²) in [4.78, 5) is 40.1. The molecule has 35 heavy (non-hydrogen) atoms. The number of ether oxygens (including phenoxy) is 2. The van der Waals surface area contributed by atoms with Crippen molar-refractivity contribution in [2.45, 2.75) is 13.0 Å². The number of benzene rings is 3. The number of aliphatic hydroxyl groups excluding tert-OH is 1. The van der Waals surface area contributed by atoms with Gasteiger partial charge in [-0.2, -0.15) is 0 Å². The van der Waals surface area contributed by atoms with Crippen LogP contribution in [0.4, 0.5) is 5.69 Å². The van der Waals surface area contributed by atoms with Gasteiger partial charge in [0.25, 0.3) is 11.7 Å².